The van der Waals surface area contributed by atoms with Crippen molar-refractivity contribution in [1.82, 2.24) is 9.62 Å². The van der Waals surface area contributed by atoms with Gasteiger partial charge in [-0.1, -0.05) is 32.8 Å². The topological polar surface area (TPSA) is 86.7 Å². The quantitative estimate of drug-likeness (QED) is 0.715. The molecule has 7 heteroatoms. The van der Waals surface area contributed by atoms with Crippen LogP contribution in [0, 0.1) is 18.3 Å². The highest BCUT2D eigenvalue weighted by atomic mass is 32.2. The number of aliphatic hydroxyl groups is 1. The smallest absolute Gasteiger partial charge is 0.251 e. The second-order valence-electron chi connectivity index (χ2n) is 9.61. The van der Waals surface area contributed by atoms with Crippen molar-refractivity contribution in [2.75, 3.05) is 13.1 Å². The zero-order chi connectivity index (χ0) is 22.1. The molecule has 1 atom stereocenters. The Balaban J connectivity index is 1.78. The van der Waals surface area contributed by atoms with E-state index in [-0.39, 0.29) is 22.3 Å². The van der Waals surface area contributed by atoms with Crippen LogP contribution in [0.25, 0.3) is 0 Å². The summed E-state index contributed by atoms with van der Waals surface area (Å²) in [6.07, 6.45) is 5.33. The maximum Gasteiger partial charge on any atom is 0.251 e. The maximum absolute atomic E-state index is 13.2. The summed E-state index contributed by atoms with van der Waals surface area (Å²) in [6, 6.07) is 4.88. The first-order chi connectivity index (χ1) is 14.0. The van der Waals surface area contributed by atoms with E-state index in [1.165, 1.54) is 36.1 Å². The van der Waals surface area contributed by atoms with E-state index in [1.807, 2.05) is 6.92 Å². The number of nitrogens with one attached hydrogen (secondary N) is 1. The Labute approximate surface area is 181 Å². The fraction of sp³-hybridized carbons (Fsp3) is 0.696. The van der Waals surface area contributed by atoms with Crippen LogP contribution in [0.15, 0.2) is 23.1 Å². The number of piperidine rings is 1. The van der Waals surface area contributed by atoms with Crippen LogP contribution in [0.4, 0.5) is 0 Å². The molecule has 0 spiro atoms. The van der Waals surface area contributed by atoms with Gasteiger partial charge in [0.25, 0.3) is 5.91 Å². The number of hydrogen-bond donors (Lipinski definition) is 2. The lowest BCUT2D eigenvalue weighted by atomic mass is 9.72. The van der Waals surface area contributed by atoms with Gasteiger partial charge >= 0.3 is 0 Å². The molecule has 1 amide bonds. The third kappa shape index (κ3) is 4.73. The fourth-order valence-electron chi connectivity index (χ4n) is 4.73. The van der Waals surface area contributed by atoms with Gasteiger partial charge in [-0.2, -0.15) is 4.31 Å². The van der Waals surface area contributed by atoms with E-state index in [9.17, 15) is 18.3 Å². The van der Waals surface area contributed by atoms with Crippen molar-refractivity contribution in [3.8, 4) is 0 Å². The molecule has 2 N–H and O–H groups in total. The van der Waals surface area contributed by atoms with Crippen LogP contribution < -0.4 is 5.32 Å². The predicted molar refractivity (Wildman–Crippen MR) is 118 cm³/mol. The Bertz CT molecular complexity index is 867. The number of carbonyl (C=O) groups is 1. The second kappa shape index (κ2) is 8.97. The molecular weight excluding hydrogens is 400 g/mol. The SMILES string of the molecule is Cc1ccc(C(=O)NC(C)C(C)(C)C2CCCC2)cc1S(=O)(=O)N1CCC(O)CC1. The first-order valence-electron chi connectivity index (χ1n) is 11.1. The number of aliphatic hydroxyl groups excluding tert-OH is 1. The van der Waals surface area contributed by atoms with E-state index in [4.69, 9.17) is 0 Å². The molecule has 1 aromatic carbocycles. The second-order valence-corrected chi connectivity index (χ2v) is 11.5. The van der Waals surface area contributed by atoms with Gasteiger partial charge < -0.3 is 10.4 Å². The molecule has 30 heavy (non-hydrogen) atoms. The largest absolute Gasteiger partial charge is 0.393 e. The van der Waals surface area contributed by atoms with Crippen molar-refractivity contribution < 1.29 is 18.3 Å². The zero-order valence-electron chi connectivity index (χ0n) is 18.6. The van der Waals surface area contributed by atoms with Gasteiger partial charge in [0.1, 0.15) is 0 Å². The molecule has 1 heterocycles. The van der Waals surface area contributed by atoms with Gasteiger partial charge in [-0.3, -0.25) is 4.79 Å². The summed E-state index contributed by atoms with van der Waals surface area (Å²) in [5.74, 6) is 0.357. The Morgan fingerprint density at radius 3 is 2.37 bits per heavy atom. The summed E-state index contributed by atoms with van der Waals surface area (Å²) in [4.78, 5) is 13.1. The van der Waals surface area contributed by atoms with Crippen LogP contribution in [-0.2, 0) is 10.0 Å². The third-order valence-corrected chi connectivity index (χ3v) is 9.40. The summed E-state index contributed by atoms with van der Waals surface area (Å²) < 4.78 is 27.7. The number of hydrogen-bond acceptors (Lipinski definition) is 4. The molecular formula is C23H36N2O4S. The van der Waals surface area contributed by atoms with Gasteiger partial charge in [0.2, 0.25) is 10.0 Å². The zero-order valence-corrected chi connectivity index (χ0v) is 19.5. The first kappa shape index (κ1) is 23.2. The van der Waals surface area contributed by atoms with Crippen LogP contribution in [0.3, 0.4) is 0 Å². The number of aryl methyl sites for hydroxylation is 1. The molecule has 0 bridgehead atoms. The lowest BCUT2D eigenvalue weighted by molar-refractivity contribution is 0.0854. The summed E-state index contributed by atoms with van der Waals surface area (Å²) in [6.45, 7) is 8.81. The number of carbonyl (C=O) groups excluding carboxylic acids is 1. The van der Waals surface area contributed by atoms with Crippen molar-refractivity contribution in [3.05, 3.63) is 29.3 Å². The van der Waals surface area contributed by atoms with E-state index in [0.717, 1.165) is 0 Å². The van der Waals surface area contributed by atoms with Crippen LogP contribution >= 0.6 is 0 Å². The number of rotatable bonds is 6. The fourth-order valence-corrected chi connectivity index (χ4v) is 6.45. The van der Waals surface area contributed by atoms with Gasteiger partial charge in [0.05, 0.1) is 11.0 Å². The molecule has 2 fully saturated rings. The first-order valence-corrected chi connectivity index (χ1v) is 12.6. The molecule has 1 unspecified atom stereocenters. The lowest BCUT2D eigenvalue weighted by Crippen LogP contribution is -2.46. The van der Waals surface area contributed by atoms with Crippen molar-refractivity contribution in [3.63, 3.8) is 0 Å². The molecule has 1 aliphatic heterocycles. The molecule has 6 nitrogen and oxygen atoms in total. The van der Waals surface area contributed by atoms with Crippen LogP contribution in [-0.4, -0.2) is 49.0 Å². The Morgan fingerprint density at radius 2 is 1.77 bits per heavy atom. The summed E-state index contributed by atoms with van der Waals surface area (Å²) in [7, 11) is -3.70. The number of amides is 1. The molecule has 168 valence electrons. The van der Waals surface area contributed by atoms with Gasteiger partial charge in [-0.25, -0.2) is 8.42 Å². The Kier molecular flexibility index (Phi) is 6.94. The van der Waals surface area contributed by atoms with Crippen LogP contribution in [0.5, 0.6) is 0 Å². The van der Waals surface area contributed by atoms with Gasteiger partial charge in [-0.05, 0) is 68.6 Å². The van der Waals surface area contributed by atoms with E-state index in [2.05, 4.69) is 19.2 Å². The highest BCUT2D eigenvalue weighted by molar-refractivity contribution is 7.89. The Morgan fingerprint density at radius 1 is 1.17 bits per heavy atom. The minimum absolute atomic E-state index is 0.0135. The normalized spacial score (nSPS) is 21.0. The summed E-state index contributed by atoms with van der Waals surface area (Å²) in [5.41, 5.74) is 0.975. The van der Waals surface area contributed by atoms with E-state index >= 15 is 0 Å². The monoisotopic (exact) mass is 436 g/mol. The molecule has 0 aromatic heterocycles. The molecule has 1 aromatic rings. The van der Waals surface area contributed by atoms with Crippen LogP contribution in [0.1, 0.15) is 75.2 Å². The van der Waals surface area contributed by atoms with Gasteiger partial charge in [0.15, 0.2) is 0 Å². The maximum atomic E-state index is 13.2. The van der Waals surface area contributed by atoms with Gasteiger partial charge in [-0.15, -0.1) is 0 Å². The standard InChI is InChI=1S/C23H36N2O4S/c1-16-9-10-18(15-21(16)30(28,29)25-13-11-20(26)12-14-25)22(27)24-17(2)23(3,4)19-7-5-6-8-19/h9-10,15,17,19-20,26H,5-8,11-14H2,1-4H3,(H,24,27). The van der Waals surface area contributed by atoms with Crippen molar-refractivity contribution >= 4 is 15.9 Å². The molecule has 1 aliphatic carbocycles. The molecule has 0 radical (unpaired) electrons. The average Bonchev–Trinajstić information content (AvgIpc) is 3.24. The molecule has 1 saturated heterocycles. The summed E-state index contributed by atoms with van der Waals surface area (Å²) >= 11 is 0. The minimum atomic E-state index is -3.70. The highest BCUT2D eigenvalue weighted by Gasteiger charge is 2.37. The average molecular weight is 437 g/mol. The lowest BCUT2D eigenvalue weighted by Gasteiger charge is -2.38. The minimum Gasteiger partial charge on any atom is -0.393 e. The summed E-state index contributed by atoms with van der Waals surface area (Å²) in [5, 5.41) is 12.8. The van der Waals surface area contributed by atoms with Crippen LogP contribution in [0.2, 0.25) is 0 Å². The van der Waals surface area contributed by atoms with Gasteiger partial charge in [0, 0.05) is 24.7 Å². The predicted octanol–water partition coefficient (Wildman–Crippen LogP) is 3.48. The van der Waals surface area contributed by atoms with Crippen molar-refractivity contribution in [2.45, 2.75) is 83.3 Å². The molecule has 3 rings (SSSR count). The molecule has 1 saturated carbocycles. The van der Waals surface area contributed by atoms with E-state index < -0.39 is 16.1 Å². The third-order valence-electron chi connectivity index (χ3n) is 7.36. The highest BCUT2D eigenvalue weighted by Crippen LogP contribution is 2.41. The Hall–Kier alpha value is -1.44. The van der Waals surface area contributed by atoms with E-state index in [0.29, 0.717) is 43.0 Å². The molecule has 2 aliphatic rings. The van der Waals surface area contributed by atoms with Crippen molar-refractivity contribution in [1.29, 1.82) is 0 Å². The number of nitrogens with zero attached hydrogens (tertiary/aromatic N) is 1. The van der Waals surface area contributed by atoms with E-state index in [1.54, 1.807) is 19.1 Å². The number of sulfonamides is 1. The van der Waals surface area contributed by atoms with Crippen molar-refractivity contribution in [2.24, 2.45) is 11.3 Å². The number of benzene rings is 1.